The summed E-state index contributed by atoms with van der Waals surface area (Å²) >= 11 is 7.35. The van der Waals surface area contributed by atoms with Gasteiger partial charge in [-0.25, -0.2) is 0 Å². The fourth-order valence-corrected chi connectivity index (χ4v) is 3.75. The van der Waals surface area contributed by atoms with E-state index in [0.717, 1.165) is 11.3 Å². The third-order valence-corrected chi connectivity index (χ3v) is 6.04. The van der Waals surface area contributed by atoms with Crippen LogP contribution < -0.4 is 5.46 Å². The first kappa shape index (κ1) is 10.0. The number of hydrogen-bond donors (Lipinski definition) is 0. The summed E-state index contributed by atoms with van der Waals surface area (Å²) in [7, 11) is -0.969. The second kappa shape index (κ2) is 4.96. The molecule has 0 bridgehead atoms. The third kappa shape index (κ3) is 2.32. The average molecular weight is 351 g/mol. The lowest BCUT2D eigenvalue weighted by Crippen LogP contribution is -2.41. The molecular weight excluding hydrogens is 327 g/mol. The minimum absolute atomic E-state index is 0.0183. The van der Waals surface area contributed by atoms with Crippen molar-refractivity contribution in [3.05, 3.63) is 41.3 Å². The Bertz CT molecular complexity index is 1190. The molecule has 0 atom stereocenters. The average Bonchev–Trinajstić information content (AvgIpc) is 3.12. The molecule has 4 rings (SSSR count). The van der Waals surface area contributed by atoms with Gasteiger partial charge in [-0.2, -0.15) is 0 Å². The molecule has 0 amide bonds. The van der Waals surface area contributed by atoms with Gasteiger partial charge in [-0.3, -0.25) is 0 Å². The Kier molecular flexibility index (Phi) is 2.17. The highest BCUT2D eigenvalue weighted by Crippen LogP contribution is 2.39. The van der Waals surface area contributed by atoms with E-state index in [9.17, 15) is 0 Å². The maximum atomic E-state index is 8.73. The van der Waals surface area contributed by atoms with E-state index in [2.05, 4.69) is 0 Å². The Labute approximate surface area is 153 Å². The Morgan fingerprint density at radius 3 is 2.43 bits per heavy atom. The summed E-state index contributed by atoms with van der Waals surface area (Å²) in [4.78, 5) is 0. The van der Waals surface area contributed by atoms with Crippen LogP contribution in [0.1, 0.15) is 35.9 Å². The summed E-state index contributed by atoms with van der Waals surface area (Å²) < 4.78 is 62.8. The highest BCUT2D eigenvalue weighted by atomic mass is 35.5. The molecule has 118 valence electrons. The van der Waals surface area contributed by atoms with Crippen LogP contribution in [-0.4, -0.2) is 18.3 Å². The minimum atomic E-state index is -0.969. The number of hydrogen-bond acceptors (Lipinski definition) is 3. The molecule has 2 aromatic carbocycles. The molecule has 1 aromatic heterocycles. The standard InChI is InChI=1S/C18H18BClO2S/c1-17(2)18(3,4)22-19(21-17)11-8-9-12-13-6-5-7-14(20)16(13)23-15(12)10-11/h5-10H,1-4H3/i5D,6D,7D,8D,9D,10D. The second-order valence-corrected chi connectivity index (χ2v) is 7.97. The molecule has 5 heteroatoms. The molecule has 2 nitrogen and oxygen atoms in total. The normalized spacial score (nSPS) is 23.4. The fourth-order valence-electron chi connectivity index (χ4n) is 2.48. The maximum Gasteiger partial charge on any atom is 0.494 e. The zero-order valence-corrected chi connectivity index (χ0v) is 14.8. The smallest absolute Gasteiger partial charge is 0.399 e. The first-order chi connectivity index (χ1) is 13.3. The van der Waals surface area contributed by atoms with Gasteiger partial charge in [0.15, 0.2) is 0 Å². The zero-order valence-electron chi connectivity index (χ0n) is 19.2. The SMILES string of the molecule is [2H]c1c([2H])c([2H])c2c(sc3c([2H])c(B4OC(C)(C)C(C)(C)O4)c([2H])c([2H])c32)c1Cl. The number of rotatable bonds is 1. The molecule has 0 aliphatic carbocycles. The molecule has 1 aliphatic heterocycles. The molecule has 0 N–H and O–H groups in total. The summed E-state index contributed by atoms with van der Waals surface area (Å²) in [6.45, 7) is 7.49. The van der Waals surface area contributed by atoms with Gasteiger partial charge >= 0.3 is 7.12 Å². The number of thiophene rings is 1. The van der Waals surface area contributed by atoms with Crippen molar-refractivity contribution in [2.24, 2.45) is 0 Å². The molecule has 3 aromatic rings. The van der Waals surface area contributed by atoms with Crippen molar-refractivity contribution in [1.82, 2.24) is 0 Å². The number of halogens is 1. The lowest BCUT2D eigenvalue weighted by molar-refractivity contribution is 0.00578. The Balaban J connectivity index is 2.08. The van der Waals surface area contributed by atoms with Crippen LogP contribution in [0.2, 0.25) is 5.02 Å². The van der Waals surface area contributed by atoms with Gasteiger partial charge in [-0.1, -0.05) is 35.8 Å². The van der Waals surface area contributed by atoms with Crippen molar-refractivity contribution in [3.63, 3.8) is 0 Å². The molecule has 1 aliphatic rings. The van der Waals surface area contributed by atoms with Gasteiger partial charge in [0.25, 0.3) is 0 Å². The van der Waals surface area contributed by atoms with E-state index in [-0.39, 0.29) is 57.5 Å². The quantitative estimate of drug-likeness (QED) is 0.574. The van der Waals surface area contributed by atoms with E-state index in [0.29, 0.717) is 9.40 Å². The zero-order chi connectivity index (χ0) is 21.6. The number of fused-ring (bicyclic) bond motifs is 3. The van der Waals surface area contributed by atoms with E-state index >= 15 is 0 Å². The van der Waals surface area contributed by atoms with E-state index in [1.807, 2.05) is 27.7 Å². The molecular formula is C18H18BClO2S. The molecule has 0 radical (unpaired) electrons. The van der Waals surface area contributed by atoms with Crippen molar-refractivity contribution >= 4 is 55.7 Å². The first-order valence-electron chi connectivity index (χ1n) is 10.3. The van der Waals surface area contributed by atoms with Gasteiger partial charge in [-0.05, 0) is 45.2 Å². The summed E-state index contributed by atoms with van der Waals surface area (Å²) in [6, 6.07) is -1.22. The molecule has 0 unspecified atom stereocenters. The van der Waals surface area contributed by atoms with Crippen LogP contribution in [0.15, 0.2) is 36.3 Å². The van der Waals surface area contributed by atoms with Gasteiger partial charge in [0.2, 0.25) is 0 Å². The second-order valence-electron chi connectivity index (χ2n) is 6.58. The Morgan fingerprint density at radius 1 is 1.04 bits per heavy atom. The third-order valence-electron chi connectivity index (χ3n) is 4.53. The monoisotopic (exact) mass is 350 g/mol. The van der Waals surface area contributed by atoms with Crippen LogP contribution in [0.5, 0.6) is 0 Å². The Hall–Kier alpha value is -1.07. The van der Waals surface area contributed by atoms with Crippen LogP contribution in [0.3, 0.4) is 0 Å². The fraction of sp³-hybridized carbons (Fsp3) is 0.333. The predicted octanol–water partition coefficient (Wildman–Crippen LogP) is 5.01. The summed E-state index contributed by atoms with van der Waals surface area (Å²) in [5, 5.41) is 0.494. The van der Waals surface area contributed by atoms with E-state index in [1.54, 1.807) is 0 Å². The molecule has 23 heavy (non-hydrogen) atoms. The molecule has 1 saturated heterocycles. The topological polar surface area (TPSA) is 18.5 Å². The van der Waals surface area contributed by atoms with Crippen LogP contribution in [0.4, 0.5) is 0 Å². The minimum Gasteiger partial charge on any atom is -0.399 e. The van der Waals surface area contributed by atoms with E-state index in [1.165, 1.54) is 0 Å². The lowest BCUT2D eigenvalue weighted by atomic mass is 9.79. The van der Waals surface area contributed by atoms with E-state index in [4.69, 9.17) is 29.1 Å². The van der Waals surface area contributed by atoms with Gasteiger partial charge in [-0.15, -0.1) is 11.3 Å². The van der Waals surface area contributed by atoms with Crippen molar-refractivity contribution < 1.29 is 17.5 Å². The van der Waals surface area contributed by atoms with Gasteiger partial charge in [0.1, 0.15) is 0 Å². The van der Waals surface area contributed by atoms with Crippen LogP contribution in [-0.2, 0) is 9.31 Å². The largest absolute Gasteiger partial charge is 0.494 e. The van der Waals surface area contributed by atoms with Gasteiger partial charge < -0.3 is 9.31 Å². The van der Waals surface area contributed by atoms with Crippen molar-refractivity contribution in [1.29, 1.82) is 0 Å². The van der Waals surface area contributed by atoms with Gasteiger partial charge in [0.05, 0.1) is 29.1 Å². The van der Waals surface area contributed by atoms with Crippen molar-refractivity contribution in [2.45, 2.75) is 38.9 Å². The summed E-state index contributed by atoms with van der Waals surface area (Å²) in [5.74, 6) is 0. The number of benzene rings is 2. The molecule has 1 fully saturated rings. The van der Waals surface area contributed by atoms with Crippen LogP contribution in [0.25, 0.3) is 20.2 Å². The first-order valence-corrected chi connectivity index (χ1v) is 8.46. The highest BCUT2D eigenvalue weighted by Gasteiger charge is 2.51. The maximum absolute atomic E-state index is 8.73. The van der Waals surface area contributed by atoms with Gasteiger partial charge in [0, 0.05) is 15.5 Å². The predicted molar refractivity (Wildman–Crippen MR) is 100 cm³/mol. The Morgan fingerprint density at radius 2 is 1.74 bits per heavy atom. The van der Waals surface area contributed by atoms with Crippen molar-refractivity contribution in [3.8, 4) is 0 Å². The highest BCUT2D eigenvalue weighted by molar-refractivity contribution is 7.26. The molecule has 0 saturated carbocycles. The summed E-state index contributed by atoms with van der Waals surface area (Å²) in [5.41, 5.74) is -1.16. The molecule has 2 heterocycles. The van der Waals surface area contributed by atoms with Crippen LogP contribution >= 0.6 is 22.9 Å². The molecule has 0 spiro atoms. The van der Waals surface area contributed by atoms with Crippen LogP contribution in [0, 0.1) is 0 Å². The van der Waals surface area contributed by atoms with Crippen molar-refractivity contribution in [2.75, 3.05) is 0 Å². The lowest BCUT2D eigenvalue weighted by Gasteiger charge is -2.32. The summed E-state index contributed by atoms with van der Waals surface area (Å²) in [6.07, 6.45) is 0. The van der Waals surface area contributed by atoms with E-state index < -0.39 is 18.3 Å².